The van der Waals surface area contributed by atoms with E-state index in [1.807, 2.05) is 0 Å². The summed E-state index contributed by atoms with van der Waals surface area (Å²) in [5.41, 5.74) is 1.51. The van der Waals surface area contributed by atoms with Crippen molar-refractivity contribution >= 4 is 17.9 Å². The van der Waals surface area contributed by atoms with Crippen LogP contribution in [0.2, 0.25) is 0 Å². The molecule has 3 rings (SSSR count). The second kappa shape index (κ2) is 7.26. The van der Waals surface area contributed by atoms with E-state index in [0.717, 1.165) is 5.57 Å². The van der Waals surface area contributed by atoms with Gasteiger partial charge < -0.3 is 18.9 Å². The molecule has 0 unspecified atom stereocenters. The lowest BCUT2D eigenvalue weighted by atomic mass is 9.74. The van der Waals surface area contributed by atoms with E-state index in [4.69, 9.17) is 18.9 Å². The number of rotatable bonds is 4. The van der Waals surface area contributed by atoms with Gasteiger partial charge in [0.05, 0.1) is 12.2 Å². The number of hydrogen-bond acceptors (Lipinski definition) is 7. The van der Waals surface area contributed by atoms with E-state index in [0.29, 0.717) is 17.9 Å². The smallest absolute Gasteiger partial charge is 0.305 e. The molecule has 7 nitrogen and oxygen atoms in total. The molecule has 0 radical (unpaired) electrons. The van der Waals surface area contributed by atoms with Crippen LogP contribution in [-0.4, -0.2) is 36.9 Å². The molecule has 1 aliphatic heterocycles. The van der Waals surface area contributed by atoms with Gasteiger partial charge in [0.2, 0.25) is 0 Å². The third-order valence-corrected chi connectivity index (χ3v) is 6.33. The quantitative estimate of drug-likeness (QED) is 0.413. The lowest BCUT2D eigenvalue weighted by Crippen LogP contribution is -2.42. The molecule has 0 N–H and O–H groups in total. The predicted molar refractivity (Wildman–Crippen MR) is 98.4 cm³/mol. The number of hydrogen-bond donors (Lipinski definition) is 0. The second-order valence-corrected chi connectivity index (χ2v) is 8.50. The van der Waals surface area contributed by atoms with Crippen molar-refractivity contribution in [3.63, 3.8) is 0 Å². The topological polar surface area (TPSA) is 88.1 Å². The van der Waals surface area contributed by atoms with Crippen molar-refractivity contribution in [1.82, 2.24) is 0 Å². The van der Waals surface area contributed by atoms with E-state index in [1.165, 1.54) is 20.8 Å². The Morgan fingerprint density at radius 1 is 1.11 bits per heavy atom. The zero-order valence-corrected chi connectivity index (χ0v) is 17.0. The molecule has 1 heterocycles. The Morgan fingerprint density at radius 2 is 1.75 bits per heavy atom. The van der Waals surface area contributed by atoms with Gasteiger partial charge in [-0.3, -0.25) is 14.4 Å². The first-order valence-electron chi connectivity index (χ1n) is 9.55. The summed E-state index contributed by atoms with van der Waals surface area (Å²) in [6, 6.07) is 0. The fourth-order valence-electron chi connectivity index (χ4n) is 5.03. The zero-order chi connectivity index (χ0) is 20.8. The SMILES string of the molecule is C=C1[C@@H]2[C@@H](OC(C)=O)OC=C(COC(C)=O)[C@@H]2[C@@H]2[C@H](C[C@H]1OC(C)=O)C2(C)C. The molecule has 154 valence electrons. The van der Waals surface area contributed by atoms with Crippen LogP contribution in [0.3, 0.4) is 0 Å². The van der Waals surface area contributed by atoms with Crippen molar-refractivity contribution in [3.8, 4) is 0 Å². The maximum Gasteiger partial charge on any atom is 0.305 e. The molecule has 6 atom stereocenters. The Labute approximate surface area is 165 Å². The highest BCUT2D eigenvalue weighted by atomic mass is 16.7. The Bertz CT molecular complexity index is 735. The Hall–Kier alpha value is -2.31. The summed E-state index contributed by atoms with van der Waals surface area (Å²) in [6.07, 6.45) is 0.875. The summed E-state index contributed by atoms with van der Waals surface area (Å²) in [4.78, 5) is 34.7. The summed E-state index contributed by atoms with van der Waals surface area (Å²) in [5, 5.41) is 0. The molecule has 0 aromatic heterocycles. The first-order valence-corrected chi connectivity index (χ1v) is 9.55. The summed E-state index contributed by atoms with van der Waals surface area (Å²) < 4.78 is 22.0. The van der Waals surface area contributed by atoms with Crippen molar-refractivity contribution in [2.45, 2.75) is 53.4 Å². The van der Waals surface area contributed by atoms with E-state index in [9.17, 15) is 14.4 Å². The highest BCUT2D eigenvalue weighted by molar-refractivity contribution is 5.67. The molecular weight excluding hydrogens is 364 g/mol. The van der Waals surface area contributed by atoms with Crippen LogP contribution in [0.5, 0.6) is 0 Å². The fraction of sp³-hybridized carbons (Fsp3) is 0.667. The fourth-order valence-corrected chi connectivity index (χ4v) is 5.03. The van der Waals surface area contributed by atoms with Crippen molar-refractivity contribution in [1.29, 1.82) is 0 Å². The lowest BCUT2D eigenvalue weighted by Gasteiger charge is -2.40. The van der Waals surface area contributed by atoms with Gasteiger partial charge in [0.1, 0.15) is 12.7 Å². The van der Waals surface area contributed by atoms with Gasteiger partial charge in [-0.15, -0.1) is 0 Å². The summed E-state index contributed by atoms with van der Waals surface area (Å²) in [6.45, 7) is 12.7. The first-order chi connectivity index (χ1) is 13.0. The monoisotopic (exact) mass is 392 g/mol. The van der Waals surface area contributed by atoms with E-state index in [-0.39, 0.29) is 41.7 Å². The lowest BCUT2D eigenvalue weighted by molar-refractivity contribution is -0.182. The molecule has 28 heavy (non-hydrogen) atoms. The summed E-state index contributed by atoms with van der Waals surface area (Å²) in [7, 11) is 0. The number of ether oxygens (including phenoxy) is 4. The Morgan fingerprint density at radius 3 is 2.32 bits per heavy atom. The minimum Gasteiger partial charge on any atom is -0.462 e. The van der Waals surface area contributed by atoms with Gasteiger partial charge in [-0.1, -0.05) is 20.4 Å². The van der Waals surface area contributed by atoms with Gasteiger partial charge in [-0.25, -0.2) is 0 Å². The van der Waals surface area contributed by atoms with Gasteiger partial charge in [0, 0.05) is 32.3 Å². The molecule has 3 aliphatic rings. The minimum atomic E-state index is -0.857. The van der Waals surface area contributed by atoms with E-state index in [1.54, 1.807) is 6.26 Å². The number of carbonyl (C=O) groups excluding carboxylic acids is 3. The minimum absolute atomic E-state index is 0.00937. The Kier molecular flexibility index (Phi) is 5.30. The maximum absolute atomic E-state index is 11.7. The molecule has 0 aromatic rings. The van der Waals surface area contributed by atoms with Crippen LogP contribution >= 0.6 is 0 Å². The van der Waals surface area contributed by atoms with Gasteiger partial charge in [-0.05, 0) is 29.2 Å². The summed E-state index contributed by atoms with van der Waals surface area (Å²) in [5.74, 6) is -1.13. The largest absolute Gasteiger partial charge is 0.462 e. The van der Waals surface area contributed by atoms with Gasteiger partial charge in [0.15, 0.2) is 0 Å². The molecule has 0 amide bonds. The molecule has 0 saturated heterocycles. The van der Waals surface area contributed by atoms with E-state index in [2.05, 4.69) is 20.4 Å². The van der Waals surface area contributed by atoms with Crippen LogP contribution in [0.4, 0.5) is 0 Å². The highest BCUT2D eigenvalue weighted by Crippen LogP contribution is 2.69. The standard InChI is InChI=1S/C21H28O7/c1-10-16(27-12(3)23)7-15-19(21(15,5)6)18-14(8-25-11(2)22)9-26-20(17(10)18)28-13(4)24/h9,15-20H,1,7-8H2,2-6H3/t15-,16+,17-,18-,19-,20+/m0/s1. The molecule has 2 saturated carbocycles. The van der Waals surface area contributed by atoms with E-state index >= 15 is 0 Å². The van der Waals surface area contributed by atoms with Gasteiger partial charge in [0.25, 0.3) is 6.29 Å². The van der Waals surface area contributed by atoms with Crippen LogP contribution in [0.25, 0.3) is 0 Å². The van der Waals surface area contributed by atoms with E-state index < -0.39 is 18.4 Å². The van der Waals surface area contributed by atoms with Crippen molar-refractivity contribution in [2.75, 3.05) is 6.61 Å². The molecular formula is C21H28O7. The molecule has 2 aliphatic carbocycles. The predicted octanol–water partition coefficient (Wildman–Crippen LogP) is 2.75. The zero-order valence-electron chi connectivity index (χ0n) is 17.0. The number of esters is 3. The van der Waals surface area contributed by atoms with Crippen LogP contribution in [0.15, 0.2) is 24.0 Å². The summed E-state index contributed by atoms with van der Waals surface area (Å²) >= 11 is 0. The molecule has 0 aromatic carbocycles. The molecule has 7 heteroatoms. The van der Waals surface area contributed by atoms with Crippen molar-refractivity contribution in [2.24, 2.45) is 29.1 Å². The maximum atomic E-state index is 11.7. The average molecular weight is 392 g/mol. The van der Waals surface area contributed by atoms with Gasteiger partial charge >= 0.3 is 17.9 Å². The third kappa shape index (κ3) is 3.66. The number of carbonyl (C=O) groups is 3. The van der Waals surface area contributed by atoms with Crippen LogP contribution < -0.4 is 0 Å². The highest BCUT2D eigenvalue weighted by Gasteiger charge is 2.67. The van der Waals surface area contributed by atoms with Crippen LogP contribution in [0.1, 0.15) is 41.0 Å². The normalized spacial score (nSPS) is 35.2. The first kappa shape index (κ1) is 20.4. The molecule has 2 fully saturated rings. The molecule has 0 bridgehead atoms. The number of fused-ring (bicyclic) bond motifs is 3. The second-order valence-electron chi connectivity index (χ2n) is 8.50. The molecule has 0 spiro atoms. The third-order valence-electron chi connectivity index (χ3n) is 6.33. The van der Waals surface area contributed by atoms with Crippen molar-refractivity contribution < 1.29 is 33.3 Å². The Balaban J connectivity index is 2.01. The average Bonchev–Trinajstić information content (AvgIpc) is 3.14. The van der Waals surface area contributed by atoms with Crippen molar-refractivity contribution in [3.05, 3.63) is 24.0 Å². The van der Waals surface area contributed by atoms with Crippen LogP contribution in [0, 0.1) is 29.1 Å². The van der Waals surface area contributed by atoms with Crippen LogP contribution in [-0.2, 0) is 33.3 Å². The van der Waals surface area contributed by atoms with Gasteiger partial charge in [-0.2, -0.15) is 0 Å².